The van der Waals surface area contributed by atoms with Crippen LogP contribution in [-0.4, -0.2) is 19.5 Å². The molecule has 108 valence electrons. The molecule has 0 saturated heterocycles. The highest BCUT2D eigenvalue weighted by Gasteiger charge is 2.16. The quantitative estimate of drug-likeness (QED) is 0.773. The minimum atomic E-state index is 0.471. The standard InChI is InChI=1S/C15H16BrN5/c1-4-9-6-10(16)13(17)20-12(9)15-19-11-5-8(2)7-18-14(11)21(15)3/h5-7H,4H2,1-3H3,(H2,17,20). The van der Waals surface area contributed by atoms with Crippen molar-refractivity contribution in [3.8, 4) is 11.5 Å². The predicted molar refractivity (Wildman–Crippen MR) is 88.0 cm³/mol. The Balaban J connectivity index is 2.30. The van der Waals surface area contributed by atoms with Crippen LogP contribution in [0.2, 0.25) is 0 Å². The molecular formula is C15H16BrN5. The van der Waals surface area contributed by atoms with Crippen LogP contribution in [0.4, 0.5) is 5.82 Å². The zero-order valence-electron chi connectivity index (χ0n) is 12.2. The Morgan fingerprint density at radius 3 is 2.76 bits per heavy atom. The average Bonchev–Trinajstić information content (AvgIpc) is 2.77. The lowest BCUT2D eigenvalue weighted by molar-refractivity contribution is 0.926. The molecule has 2 N–H and O–H groups in total. The van der Waals surface area contributed by atoms with Gasteiger partial charge < -0.3 is 10.3 Å². The van der Waals surface area contributed by atoms with Crippen molar-refractivity contribution < 1.29 is 0 Å². The molecule has 0 spiro atoms. The minimum Gasteiger partial charge on any atom is -0.383 e. The third kappa shape index (κ3) is 2.29. The Bertz CT molecular complexity index is 838. The molecule has 3 rings (SSSR count). The molecule has 0 bridgehead atoms. The molecule has 0 radical (unpaired) electrons. The summed E-state index contributed by atoms with van der Waals surface area (Å²) in [5.74, 6) is 1.26. The number of pyridine rings is 2. The summed E-state index contributed by atoms with van der Waals surface area (Å²) in [7, 11) is 1.95. The molecule has 0 saturated carbocycles. The van der Waals surface area contributed by atoms with Crippen molar-refractivity contribution in [2.24, 2.45) is 7.05 Å². The van der Waals surface area contributed by atoms with Gasteiger partial charge in [-0.25, -0.2) is 15.0 Å². The van der Waals surface area contributed by atoms with Gasteiger partial charge in [-0.2, -0.15) is 0 Å². The molecule has 3 aromatic rings. The van der Waals surface area contributed by atoms with Crippen LogP contribution >= 0.6 is 15.9 Å². The fraction of sp³-hybridized carbons (Fsp3) is 0.267. The van der Waals surface area contributed by atoms with Gasteiger partial charge in [0.05, 0.1) is 4.47 Å². The summed E-state index contributed by atoms with van der Waals surface area (Å²) >= 11 is 3.43. The average molecular weight is 346 g/mol. The first-order valence-corrected chi connectivity index (χ1v) is 7.55. The summed E-state index contributed by atoms with van der Waals surface area (Å²) in [5.41, 5.74) is 10.7. The van der Waals surface area contributed by atoms with E-state index in [1.807, 2.05) is 36.9 Å². The van der Waals surface area contributed by atoms with E-state index in [0.717, 1.165) is 44.7 Å². The van der Waals surface area contributed by atoms with Gasteiger partial charge in [0, 0.05) is 13.2 Å². The minimum absolute atomic E-state index is 0.471. The van der Waals surface area contributed by atoms with Crippen molar-refractivity contribution in [1.82, 2.24) is 19.5 Å². The molecule has 0 aliphatic heterocycles. The van der Waals surface area contributed by atoms with Crippen LogP contribution in [0.15, 0.2) is 22.8 Å². The van der Waals surface area contributed by atoms with Crippen LogP contribution in [0.25, 0.3) is 22.7 Å². The lowest BCUT2D eigenvalue weighted by Gasteiger charge is -2.09. The van der Waals surface area contributed by atoms with Crippen molar-refractivity contribution in [3.63, 3.8) is 0 Å². The smallest absolute Gasteiger partial charge is 0.161 e. The molecule has 0 aromatic carbocycles. The van der Waals surface area contributed by atoms with Crippen LogP contribution in [-0.2, 0) is 13.5 Å². The zero-order valence-corrected chi connectivity index (χ0v) is 13.8. The summed E-state index contributed by atoms with van der Waals surface area (Å²) in [6.45, 7) is 4.10. The van der Waals surface area contributed by atoms with Crippen molar-refractivity contribution in [1.29, 1.82) is 0 Å². The van der Waals surface area contributed by atoms with E-state index in [4.69, 9.17) is 5.73 Å². The van der Waals surface area contributed by atoms with E-state index in [0.29, 0.717) is 5.82 Å². The van der Waals surface area contributed by atoms with E-state index in [1.54, 1.807) is 0 Å². The summed E-state index contributed by atoms with van der Waals surface area (Å²) < 4.78 is 2.78. The van der Waals surface area contributed by atoms with E-state index in [2.05, 4.69) is 37.8 Å². The summed E-state index contributed by atoms with van der Waals surface area (Å²) in [5, 5.41) is 0. The third-order valence-electron chi connectivity index (χ3n) is 3.52. The Kier molecular flexibility index (Phi) is 3.41. The van der Waals surface area contributed by atoms with Gasteiger partial charge in [-0.15, -0.1) is 0 Å². The van der Waals surface area contributed by atoms with Crippen LogP contribution < -0.4 is 5.73 Å². The van der Waals surface area contributed by atoms with Crippen LogP contribution in [0.1, 0.15) is 18.1 Å². The second-order valence-corrected chi connectivity index (χ2v) is 5.92. The van der Waals surface area contributed by atoms with Gasteiger partial charge in [0.2, 0.25) is 0 Å². The van der Waals surface area contributed by atoms with Gasteiger partial charge in [0.25, 0.3) is 0 Å². The molecule has 0 atom stereocenters. The largest absolute Gasteiger partial charge is 0.383 e. The van der Waals surface area contributed by atoms with E-state index in [-0.39, 0.29) is 0 Å². The van der Waals surface area contributed by atoms with E-state index < -0.39 is 0 Å². The lowest BCUT2D eigenvalue weighted by atomic mass is 10.1. The number of nitrogens with two attached hydrogens (primary N) is 1. The molecule has 0 unspecified atom stereocenters. The monoisotopic (exact) mass is 345 g/mol. The number of fused-ring (bicyclic) bond motifs is 1. The first kappa shape index (κ1) is 14.0. The van der Waals surface area contributed by atoms with Crippen LogP contribution in [0.5, 0.6) is 0 Å². The number of nitrogens with zero attached hydrogens (tertiary/aromatic N) is 4. The number of halogens is 1. The van der Waals surface area contributed by atoms with Crippen LogP contribution in [0.3, 0.4) is 0 Å². The first-order valence-electron chi connectivity index (χ1n) is 6.75. The van der Waals surface area contributed by atoms with Crippen molar-refractivity contribution in [3.05, 3.63) is 33.9 Å². The Morgan fingerprint density at radius 1 is 1.29 bits per heavy atom. The summed E-state index contributed by atoms with van der Waals surface area (Å²) in [6, 6.07) is 4.04. The molecular weight excluding hydrogens is 330 g/mol. The normalized spacial score (nSPS) is 11.2. The number of imidazole rings is 1. The van der Waals surface area contributed by atoms with Gasteiger partial charge in [0.1, 0.15) is 17.0 Å². The van der Waals surface area contributed by atoms with Crippen molar-refractivity contribution in [2.75, 3.05) is 5.73 Å². The maximum absolute atomic E-state index is 5.94. The fourth-order valence-corrected chi connectivity index (χ4v) is 2.76. The first-order chi connectivity index (χ1) is 10.0. The van der Waals surface area contributed by atoms with E-state index in [1.165, 1.54) is 0 Å². The molecule has 0 aliphatic rings. The molecule has 5 nitrogen and oxygen atoms in total. The highest BCUT2D eigenvalue weighted by atomic mass is 79.9. The zero-order chi connectivity index (χ0) is 15.1. The second-order valence-electron chi connectivity index (χ2n) is 5.07. The number of nitrogen functional groups attached to an aromatic ring is 1. The van der Waals surface area contributed by atoms with Gasteiger partial charge in [-0.05, 0) is 52.5 Å². The van der Waals surface area contributed by atoms with E-state index in [9.17, 15) is 0 Å². The van der Waals surface area contributed by atoms with E-state index >= 15 is 0 Å². The van der Waals surface area contributed by atoms with Crippen molar-refractivity contribution in [2.45, 2.75) is 20.3 Å². The molecule has 6 heteroatoms. The van der Waals surface area contributed by atoms with Crippen molar-refractivity contribution >= 4 is 32.9 Å². The maximum Gasteiger partial charge on any atom is 0.161 e. The van der Waals surface area contributed by atoms with Crippen LogP contribution in [0, 0.1) is 6.92 Å². The highest BCUT2D eigenvalue weighted by Crippen LogP contribution is 2.29. The number of aromatic nitrogens is 4. The Morgan fingerprint density at radius 2 is 2.05 bits per heavy atom. The SMILES string of the molecule is CCc1cc(Br)c(N)nc1-c1nc2cc(C)cnc2n1C. The predicted octanol–water partition coefficient (Wildman–Crippen LogP) is 3.25. The fourth-order valence-electron chi connectivity index (χ4n) is 2.39. The Hall–Kier alpha value is -1.95. The number of hydrogen-bond donors (Lipinski definition) is 1. The van der Waals surface area contributed by atoms with Gasteiger partial charge in [-0.1, -0.05) is 6.92 Å². The molecule has 3 aromatic heterocycles. The lowest BCUT2D eigenvalue weighted by Crippen LogP contribution is -2.03. The number of aryl methyl sites for hydroxylation is 3. The topological polar surface area (TPSA) is 69.6 Å². The number of anilines is 1. The van der Waals surface area contributed by atoms with Gasteiger partial charge >= 0.3 is 0 Å². The van der Waals surface area contributed by atoms with Gasteiger partial charge in [-0.3, -0.25) is 0 Å². The second kappa shape index (κ2) is 5.11. The Labute approximate surface area is 131 Å². The third-order valence-corrected chi connectivity index (χ3v) is 4.16. The number of rotatable bonds is 2. The maximum atomic E-state index is 5.94. The molecule has 3 heterocycles. The number of hydrogen-bond acceptors (Lipinski definition) is 4. The molecule has 21 heavy (non-hydrogen) atoms. The highest BCUT2D eigenvalue weighted by molar-refractivity contribution is 9.10. The molecule has 0 aliphatic carbocycles. The molecule has 0 fully saturated rings. The van der Waals surface area contributed by atoms with Gasteiger partial charge in [0.15, 0.2) is 11.5 Å². The molecule has 0 amide bonds. The summed E-state index contributed by atoms with van der Waals surface area (Å²) in [6.07, 6.45) is 2.70. The summed E-state index contributed by atoms with van der Waals surface area (Å²) in [4.78, 5) is 13.7.